The first kappa shape index (κ1) is 30.1. The molecule has 0 radical (unpaired) electrons. The van der Waals surface area contributed by atoms with Crippen molar-refractivity contribution in [3.05, 3.63) is 76.0 Å². The molecule has 0 spiro atoms. The van der Waals surface area contributed by atoms with Crippen LogP contribution in [0.2, 0.25) is 0 Å². The van der Waals surface area contributed by atoms with Crippen molar-refractivity contribution in [2.45, 2.75) is 18.0 Å². The molecule has 3 aromatic rings. The topological polar surface area (TPSA) is 143 Å². The van der Waals surface area contributed by atoms with Gasteiger partial charge in [-0.25, -0.2) is 22.6 Å². The number of aromatic nitrogens is 2. The summed E-state index contributed by atoms with van der Waals surface area (Å²) in [5, 5.41) is 12.8. The van der Waals surface area contributed by atoms with Crippen LogP contribution in [0.5, 0.6) is 0 Å². The predicted molar refractivity (Wildman–Crippen MR) is 138 cm³/mol. The molecule has 0 saturated heterocycles. The van der Waals surface area contributed by atoms with E-state index in [0.29, 0.717) is 17.1 Å². The van der Waals surface area contributed by atoms with Gasteiger partial charge in [0.1, 0.15) is 13.2 Å². The van der Waals surface area contributed by atoms with Crippen LogP contribution in [-0.4, -0.2) is 54.1 Å². The Labute approximate surface area is 228 Å². The predicted octanol–water partition coefficient (Wildman–Crippen LogP) is 4.87. The van der Waals surface area contributed by atoms with Gasteiger partial charge >= 0.3 is 12.3 Å². The van der Waals surface area contributed by atoms with Gasteiger partial charge in [0.25, 0.3) is 15.1 Å². The lowest BCUT2D eigenvalue weighted by atomic mass is 10.1. The van der Waals surface area contributed by atoms with Crippen LogP contribution < -0.4 is 4.72 Å². The molecule has 0 unspecified atom stereocenters. The summed E-state index contributed by atoms with van der Waals surface area (Å²) in [6.45, 7) is 1.61. The smallest absolute Gasteiger partial charge is 0.435 e. The molecule has 11 nitrogen and oxygen atoms in total. The number of nitrogens with zero attached hydrogens (tertiary/aromatic N) is 3. The largest absolute Gasteiger partial charge is 0.448 e. The first-order chi connectivity index (χ1) is 18.4. The van der Waals surface area contributed by atoms with E-state index in [0.717, 1.165) is 28.4 Å². The van der Waals surface area contributed by atoms with Gasteiger partial charge in [0.15, 0.2) is 5.69 Å². The first-order valence-corrected chi connectivity index (χ1v) is 14.9. The number of alkyl halides is 3. The molecule has 0 aliphatic carbocycles. The number of halogens is 3. The Balaban J connectivity index is 1.64. The molecule has 1 N–H and O–H groups in total. The van der Waals surface area contributed by atoms with E-state index in [1.54, 1.807) is 29.0 Å². The number of carbonyl (C=O) groups excluding carboxylic acids is 1. The molecule has 39 heavy (non-hydrogen) atoms. The minimum atomic E-state index is -4.69. The Kier molecular flexibility index (Phi) is 10.1. The lowest BCUT2D eigenvalue weighted by Gasteiger charge is -2.10. The van der Waals surface area contributed by atoms with Crippen LogP contribution in [0.15, 0.2) is 59.5 Å². The fourth-order valence-electron chi connectivity index (χ4n) is 3.04. The van der Waals surface area contributed by atoms with Gasteiger partial charge < -0.3 is 9.57 Å². The maximum absolute atomic E-state index is 13.4. The van der Waals surface area contributed by atoms with Crippen molar-refractivity contribution in [2.75, 3.05) is 24.7 Å². The van der Waals surface area contributed by atoms with Gasteiger partial charge in [0, 0.05) is 17.1 Å². The zero-order valence-corrected chi connectivity index (χ0v) is 22.5. The van der Waals surface area contributed by atoms with Crippen LogP contribution in [0.1, 0.15) is 11.3 Å². The molecule has 1 aromatic heterocycles. The fourth-order valence-corrected chi connectivity index (χ4v) is 5.58. The summed E-state index contributed by atoms with van der Waals surface area (Å²) >= 11 is 0. The Morgan fingerprint density at radius 3 is 2.28 bits per heavy atom. The summed E-state index contributed by atoms with van der Waals surface area (Å²) < 4.78 is 72.9. The molecule has 0 fully saturated rings. The summed E-state index contributed by atoms with van der Waals surface area (Å²) in [4.78, 5) is 25.8. The highest BCUT2D eigenvalue weighted by atomic mass is 33.1. The van der Waals surface area contributed by atoms with Crippen LogP contribution in [0.4, 0.5) is 18.0 Å². The number of carbonyl (C=O) groups is 1. The van der Waals surface area contributed by atoms with Crippen molar-refractivity contribution in [2.24, 2.45) is 0 Å². The number of benzene rings is 2. The summed E-state index contributed by atoms with van der Waals surface area (Å²) in [7, 11) is -1.84. The lowest BCUT2D eigenvalue weighted by Crippen LogP contribution is -2.31. The molecule has 1 heterocycles. The van der Waals surface area contributed by atoms with E-state index in [9.17, 15) is 36.5 Å². The van der Waals surface area contributed by atoms with E-state index in [1.165, 1.54) is 33.7 Å². The number of sulfonamides is 1. The maximum atomic E-state index is 13.4. The third-order valence-electron chi connectivity index (χ3n) is 4.80. The highest BCUT2D eigenvalue weighted by Crippen LogP contribution is 2.33. The van der Waals surface area contributed by atoms with E-state index in [4.69, 9.17) is 4.74 Å². The van der Waals surface area contributed by atoms with Crippen molar-refractivity contribution in [1.29, 1.82) is 0 Å². The van der Waals surface area contributed by atoms with Crippen LogP contribution in [0.3, 0.4) is 0 Å². The molecule has 0 atom stereocenters. The third kappa shape index (κ3) is 8.79. The van der Waals surface area contributed by atoms with E-state index in [2.05, 4.69) is 9.94 Å². The van der Waals surface area contributed by atoms with Crippen LogP contribution >= 0.6 is 21.6 Å². The van der Waals surface area contributed by atoms with Gasteiger partial charge in [-0.15, -0.1) is 10.1 Å². The Morgan fingerprint density at radius 2 is 1.69 bits per heavy atom. The monoisotopic (exact) mass is 606 g/mol. The zero-order chi connectivity index (χ0) is 28.6. The number of nitrogens with one attached hydrogen (secondary N) is 1. The summed E-state index contributed by atoms with van der Waals surface area (Å²) in [6, 6.07) is 12.5. The minimum Gasteiger partial charge on any atom is -0.448 e. The number of hydrogen-bond acceptors (Lipinski definition) is 10. The Hall–Kier alpha value is -3.44. The molecule has 17 heteroatoms. The molecule has 0 aliphatic heterocycles. The third-order valence-corrected chi connectivity index (χ3v) is 8.46. The number of hydrogen-bond donors (Lipinski definition) is 1. The van der Waals surface area contributed by atoms with Crippen LogP contribution in [0.25, 0.3) is 16.9 Å². The molecule has 2 aromatic carbocycles. The second kappa shape index (κ2) is 13.1. The van der Waals surface area contributed by atoms with Gasteiger partial charge in [0.05, 0.1) is 16.3 Å². The van der Waals surface area contributed by atoms with Crippen molar-refractivity contribution in [3.63, 3.8) is 0 Å². The molecule has 210 valence electrons. The quantitative estimate of drug-likeness (QED) is 0.131. The maximum Gasteiger partial charge on any atom is 0.435 e. The van der Waals surface area contributed by atoms with Gasteiger partial charge in [0.2, 0.25) is 0 Å². The summed E-state index contributed by atoms with van der Waals surface area (Å²) in [6.07, 6.45) is -5.91. The average molecular weight is 607 g/mol. The van der Waals surface area contributed by atoms with Gasteiger partial charge in [-0.05, 0) is 37.3 Å². The lowest BCUT2D eigenvalue weighted by molar-refractivity contribution is -0.756. The highest BCUT2D eigenvalue weighted by molar-refractivity contribution is 8.76. The van der Waals surface area contributed by atoms with E-state index in [-0.39, 0.29) is 29.5 Å². The zero-order valence-electron chi connectivity index (χ0n) is 20.1. The average Bonchev–Trinajstić information content (AvgIpc) is 3.32. The van der Waals surface area contributed by atoms with E-state index in [1.807, 2.05) is 6.92 Å². The standard InChI is InChI=1S/C22H21F3N4O7S3/c1-15-2-4-16(5-3-15)19-14-20(22(23,24)25)26-28(19)17-6-8-18(9-7-17)39(33,34)27-21(30)35-10-12-37-38-13-11-36-29(31)32/h2-9,14H,10-13H2,1H3,(H,27,30). The fraction of sp³-hybridized carbons (Fsp3) is 0.273. The van der Waals surface area contributed by atoms with Crippen molar-refractivity contribution < 1.29 is 41.0 Å². The Bertz CT molecular complexity index is 1400. The summed E-state index contributed by atoms with van der Waals surface area (Å²) in [5.74, 6) is 0.614. The summed E-state index contributed by atoms with van der Waals surface area (Å²) in [5.41, 5.74) is 0.605. The number of rotatable bonds is 12. The van der Waals surface area contributed by atoms with Crippen molar-refractivity contribution in [1.82, 2.24) is 14.5 Å². The molecule has 1 amide bonds. The second-order valence-electron chi connectivity index (χ2n) is 7.63. The molecular weight excluding hydrogens is 585 g/mol. The second-order valence-corrected chi connectivity index (χ2v) is 12.0. The normalized spacial score (nSPS) is 11.7. The van der Waals surface area contributed by atoms with Gasteiger partial charge in [-0.1, -0.05) is 51.4 Å². The van der Waals surface area contributed by atoms with E-state index < -0.39 is 33.1 Å². The van der Waals surface area contributed by atoms with Gasteiger partial charge in [-0.3, -0.25) is 0 Å². The SMILES string of the molecule is Cc1ccc(-c2cc(C(F)(F)F)nn2-c2ccc(S(=O)(=O)NC(=O)OCCSSCCO[N+](=O)[O-])cc2)cc1. The van der Waals surface area contributed by atoms with Gasteiger partial charge in [-0.2, -0.15) is 18.3 Å². The van der Waals surface area contributed by atoms with Crippen molar-refractivity contribution >= 4 is 37.7 Å². The van der Waals surface area contributed by atoms with Crippen LogP contribution in [0, 0.1) is 17.0 Å². The molecule has 0 bridgehead atoms. The number of ether oxygens (including phenoxy) is 1. The highest BCUT2D eigenvalue weighted by Gasteiger charge is 2.35. The minimum absolute atomic E-state index is 0.0970. The molecule has 0 saturated carbocycles. The number of amides is 1. The van der Waals surface area contributed by atoms with Crippen LogP contribution in [-0.2, 0) is 25.8 Å². The molecule has 3 rings (SSSR count). The molecule has 0 aliphatic rings. The van der Waals surface area contributed by atoms with Crippen molar-refractivity contribution in [3.8, 4) is 16.9 Å². The Morgan fingerprint density at radius 1 is 1.08 bits per heavy atom. The van der Waals surface area contributed by atoms with E-state index >= 15 is 0 Å². The first-order valence-electron chi connectivity index (χ1n) is 10.9. The number of aryl methyl sites for hydroxylation is 1. The molecular formula is C22H21F3N4O7S3.